The second kappa shape index (κ2) is 6.53. The van der Waals surface area contributed by atoms with Crippen LogP contribution in [0.1, 0.15) is 41.4 Å². The van der Waals surface area contributed by atoms with Crippen LogP contribution in [0.15, 0.2) is 22.6 Å². The number of likely N-dealkylation sites (tertiary alicyclic amines) is 1. The van der Waals surface area contributed by atoms with Crippen LogP contribution in [0.25, 0.3) is 11.1 Å². The summed E-state index contributed by atoms with van der Waals surface area (Å²) >= 11 is 0. The van der Waals surface area contributed by atoms with Crippen molar-refractivity contribution in [2.45, 2.75) is 31.2 Å². The van der Waals surface area contributed by atoms with Gasteiger partial charge in [-0.2, -0.15) is 0 Å². The third kappa shape index (κ3) is 2.80. The molecule has 4 rings (SSSR count). The molecule has 0 amide bonds. The molecule has 128 valence electrons. The first-order valence-corrected chi connectivity index (χ1v) is 8.56. The molecule has 1 atom stereocenters. The van der Waals surface area contributed by atoms with E-state index >= 15 is 0 Å². The quantitative estimate of drug-likeness (QED) is 0.806. The molecule has 2 fully saturated rings. The lowest BCUT2D eigenvalue weighted by Crippen LogP contribution is -2.37. The minimum absolute atomic E-state index is 0.283. The Kier molecular flexibility index (Phi) is 4.24. The van der Waals surface area contributed by atoms with Gasteiger partial charge in [0.15, 0.2) is 11.5 Å². The molecule has 0 bridgehead atoms. The first kappa shape index (κ1) is 15.6. The summed E-state index contributed by atoms with van der Waals surface area (Å²) in [6.45, 7) is 3.75. The van der Waals surface area contributed by atoms with Crippen LogP contribution in [0.2, 0.25) is 0 Å². The minimum atomic E-state index is -0.390. The summed E-state index contributed by atoms with van der Waals surface area (Å²) < 4.78 is 16.3. The number of carbonyl (C=O) groups excluding carboxylic acids is 1. The molecule has 3 heterocycles. The molecule has 2 aliphatic rings. The van der Waals surface area contributed by atoms with Crippen molar-refractivity contribution in [1.29, 1.82) is 0 Å². The second-order valence-corrected chi connectivity index (χ2v) is 6.52. The van der Waals surface area contributed by atoms with Crippen LogP contribution in [0.4, 0.5) is 0 Å². The van der Waals surface area contributed by atoms with Gasteiger partial charge in [-0.25, -0.2) is 9.78 Å². The van der Waals surface area contributed by atoms with Gasteiger partial charge in [0.2, 0.25) is 0 Å². The van der Waals surface area contributed by atoms with E-state index in [2.05, 4.69) is 9.88 Å². The van der Waals surface area contributed by atoms with Gasteiger partial charge in [-0.1, -0.05) is 6.07 Å². The topological polar surface area (TPSA) is 64.8 Å². The third-order valence-electron chi connectivity index (χ3n) is 5.11. The molecule has 0 spiro atoms. The third-order valence-corrected chi connectivity index (χ3v) is 5.11. The van der Waals surface area contributed by atoms with Crippen molar-refractivity contribution in [2.24, 2.45) is 0 Å². The van der Waals surface area contributed by atoms with E-state index in [1.165, 1.54) is 7.11 Å². The van der Waals surface area contributed by atoms with Crippen LogP contribution in [0.5, 0.6) is 0 Å². The predicted octanol–water partition coefficient (Wildman–Crippen LogP) is 2.58. The van der Waals surface area contributed by atoms with E-state index in [1.807, 2.05) is 12.1 Å². The van der Waals surface area contributed by atoms with Crippen molar-refractivity contribution in [3.8, 4) is 0 Å². The van der Waals surface area contributed by atoms with Crippen LogP contribution < -0.4 is 0 Å². The van der Waals surface area contributed by atoms with E-state index in [9.17, 15) is 4.79 Å². The van der Waals surface area contributed by atoms with Gasteiger partial charge >= 0.3 is 5.97 Å². The highest BCUT2D eigenvalue weighted by atomic mass is 16.5. The minimum Gasteiger partial charge on any atom is -0.465 e. The van der Waals surface area contributed by atoms with Gasteiger partial charge in [0.1, 0.15) is 11.1 Å². The number of esters is 1. The van der Waals surface area contributed by atoms with Crippen molar-refractivity contribution < 1.29 is 18.7 Å². The first-order chi connectivity index (χ1) is 11.8. The summed E-state index contributed by atoms with van der Waals surface area (Å²) in [6.07, 6.45) is 3.25. The predicted molar refractivity (Wildman–Crippen MR) is 88.1 cm³/mol. The number of methoxy groups -OCH3 is 1. The van der Waals surface area contributed by atoms with Gasteiger partial charge in [-0.3, -0.25) is 4.90 Å². The number of oxazole rings is 1. The number of para-hydroxylation sites is 1. The molecule has 24 heavy (non-hydrogen) atoms. The molecule has 1 aromatic carbocycles. The maximum atomic E-state index is 11.9. The van der Waals surface area contributed by atoms with E-state index in [0.29, 0.717) is 17.2 Å². The lowest BCUT2D eigenvalue weighted by Gasteiger charge is -2.30. The molecule has 2 saturated heterocycles. The van der Waals surface area contributed by atoms with Crippen molar-refractivity contribution in [2.75, 3.05) is 33.4 Å². The molecule has 1 unspecified atom stereocenters. The fourth-order valence-electron chi connectivity index (χ4n) is 3.78. The van der Waals surface area contributed by atoms with Crippen LogP contribution in [-0.4, -0.2) is 55.3 Å². The molecule has 1 aromatic heterocycles. The second-order valence-electron chi connectivity index (χ2n) is 6.52. The number of benzene rings is 1. The lowest BCUT2D eigenvalue weighted by atomic mass is 10.1. The van der Waals surface area contributed by atoms with E-state index < -0.39 is 5.97 Å². The molecule has 0 aliphatic carbocycles. The average molecular weight is 330 g/mol. The van der Waals surface area contributed by atoms with E-state index in [1.54, 1.807) is 6.07 Å². The number of ether oxygens (including phenoxy) is 2. The van der Waals surface area contributed by atoms with E-state index in [-0.39, 0.29) is 5.92 Å². The molecule has 6 heteroatoms. The largest absolute Gasteiger partial charge is 0.465 e. The van der Waals surface area contributed by atoms with Crippen LogP contribution in [-0.2, 0) is 9.47 Å². The highest BCUT2D eigenvalue weighted by Gasteiger charge is 2.33. The monoisotopic (exact) mass is 330 g/mol. The maximum absolute atomic E-state index is 11.9. The summed E-state index contributed by atoms with van der Waals surface area (Å²) in [4.78, 5) is 19.0. The zero-order valence-electron chi connectivity index (χ0n) is 13.9. The Hall–Kier alpha value is -1.92. The average Bonchev–Trinajstić information content (AvgIpc) is 3.28. The van der Waals surface area contributed by atoms with E-state index in [4.69, 9.17) is 13.9 Å². The van der Waals surface area contributed by atoms with Gasteiger partial charge in [0, 0.05) is 31.7 Å². The van der Waals surface area contributed by atoms with Crippen molar-refractivity contribution in [1.82, 2.24) is 9.88 Å². The summed E-state index contributed by atoms with van der Waals surface area (Å²) in [5, 5.41) is 0. The van der Waals surface area contributed by atoms with Crippen molar-refractivity contribution in [3.63, 3.8) is 0 Å². The standard InChI is InChI=1S/C18H22N2O4/c1-22-18(21)14-3-2-4-15-16(14)24-17(19-15)12-5-8-20(11-12)13-6-9-23-10-7-13/h2-4,12-13H,5-11H2,1H3. The summed E-state index contributed by atoms with van der Waals surface area (Å²) in [7, 11) is 1.38. The Morgan fingerprint density at radius 1 is 1.29 bits per heavy atom. The Morgan fingerprint density at radius 3 is 2.92 bits per heavy atom. The number of aromatic nitrogens is 1. The molecule has 0 saturated carbocycles. The van der Waals surface area contributed by atoms with E-state index in [0.717, 1.165) is 57.0 Å². The molecule has 2 aliphatic heterocycles. The SMILES string of the molecule is COC(=O)c1cccc2nc(C3CCN(C4CCOCC4)C3)oc12. The number of carbonyl (C=O) groups is 1. The zero-order valence-corrected chi connectivity index (χ0v) is 13.9. The maximum Gasteiger partial charge on any atom is 0.341 e. The number of hydrogen-bond donors (Lipinski definition) is 0. The Morgan fingerprint density at radius 2 is 2.12 bits per heavy atom. The zero-order chi connectivity index (χ0) is 16.5. The number of nitrogens with zero attached hydrogens (tertiary/aromatic N) is 2. The number of rotatable bonds is 3. The Balaban J connectivity index is 1.55. The number of hydrogen-bond acceptors (Lipinski definition) is 6. The van der Waals surface area contributed by atoms with Crippen molar-refractivity contribution in [3.05, 3.63) is 29.7 Å². The lowest BCUT2D eigenvalue weighted by molar-refractivity contribution is 0.0417. The summed E-state index contributed by atoms with van der Waals surface area (Å²) in [6, 6.07) is 6.01. The van der Waals surface area contributed by atoms with Crippen LogP contribution in [0, 0.1) is 0 Å². The van der Waals surface area contributed by atoms with Gasteiger partial charge in [-0.05, 0) is 37.9 Å². The van der Waals surface area contributed by atoms with Crippen molar-refractivity contribution >= 4 is 17.1 Å². The van der Waals surface area contributed by atoms with Gasteiger partial charge in [-0.15, -0.1) is 0 Å². The normalized spacial score (nSPS) is 23.0. The summed E-state index contributed by atoms with van der Waals surface area (Å²) in [5.74, 6) is 0.625. The van der Waals surface area contributed by atoms with Gasteiger partial charge < -0.3 is 13.9 Å². The van der Waals surface area contributed by atoms with Gasteiger partial charge in [0.05, 0.1) is 7.11 Å². The fourth-order valence-corrected chi connectivity index (χ4v) is 3.78. The molecule has 6 nitrogen and oxygen atoms in total. The molecular formula is C18H22N2O4. The number of fused-ring (bicyclic) bond motifs is 1. The highest BCUT2D eigenvalue weighted by molar-refractivity contribution is 6.00. The summed E-state index contributed by atoms with van der Waals surface area (Å²) in [5.41, 5.74) is 1.69. The fraction of sp³-hybridized carbons (Fsp3) is 0.556. The first-order valence-electron chi connectivity index (χ1n) is 8.56. The molecular weight excluding hydrogens is 308 g/mol. The molecule has 2 aromatic rings. The van der Waals surface area contributed by atoms with Gasteiger partial charge in [0.25, 0.3) is 0 Å². The Bertz CT molecular complexity index is 736. The molecule has 0 radical (unpaired) electrons. The smallest absolute Gasteiger partial charge is 0.341 e. The molecule has 0 N–H and O–H groups in total. The van der Waals surface area contributed by atoms with Crippen LogP contribution in [0.3, 0.4) is 0 Å². The highest BCUT2D eigenvalue weighted by Crippen LogP contribution is 2.32. The Labute approximate surface area is 140 Å². The van der Waals surface area contributed by atoms with Crippen LogP contribution >= 0.6 is 0 Å².